The van der Waals surface area contributed by atoms with Gasteiger partial charge in [0.05, 0.1) is 6.92 Å². The van der Waals surface area contributed by atoms with Crippen LogP contribution >= 0.6 is 0 Å². The third-order valence-electron chi connectivity index (χ3n) is 8.74. The summed E-state index contributed by atoms with van der Waals surface area (Å²) in [5.74, 6) is 1.38. The Morgan fingerprint density at radius 3 is 1.18 bits per heavy atom. The van der Waals surface area contributed by atoms with Gasteiger partial charge in [-0.05, 0) is 71.9 Å². The standard InChI is InChI=1S/C35H33NO3/c1-35-37-32-26-5-2-8-29(32)20-36-21-30-9-3-6-27(33(30)38-35)15-12-24-17-23(11-14-26)18-25(19-24)13-16-28-7-4-10-31(22-36)34(28)39-35/h2-10,17-19H,11-16,20-22H2,1H3. The van der Waals surface area contributed by atoms with E-state index in [-0.39, 0.29) is 0 Å². The van der Waals surface area contributed by atoms with Crippen molar-refractivity contribution in [3.8, 4) is 17.2 Å². The third kappa shape index (κ3) is 4.18. The van der Waals surface area contributed by atoms with Gasteiger partial charge in [0.1, 0.15) is 17.2 Å². The van der Waals surface area contributed by atoms with Gasteiger partial charge in [-0.2, -0.15) is 0 Å². The molecule has 4 heteroatoms. The Kier molecular flexibility index (Phi) is 5.28. The molecular formula is C35H33NO3. The summed E-state index contributed by atoms with van der Waals surface area (Å²) in [4.78, 5) is 2.52. The number of hydrogen-bond donors (Lipinski definition) is 0. The van der Waals surface area contributed by atoms with Gasteiger partial charge in [0, 0.05) is 36.3 Å². The molecule has 0 aliphatic carbocycles. The maximum absolute atomic E-state index is 6.97. The van der Waals surface area contributed by atoms with Gasteiger partial charge < -0.3 is 14.2 Å². The minimum Gasteiger partial charge on any atom is -0.420 e. The van der Waals surface area contributed by atoms with Crippen LogP contribution in [0.4, 0.5) is 0 Å². The van der Waals surface area contributed by atoms with E-state index in [0.29, 0.717) is 0 Å². The van der Waals surface area contributed by atoms with Crippen molar-refractivity contribution in [2.45, 2.75) is 71.1 Å². The Balaban J connectivity index is 1.47. The van der Waals surface area contributed by atoms with Gasteiger partial charge in [-0.3, -0.25) is 4.90 Å². The van der Waals surface area contributed by atoms with Crippen LogP contribution in [0.3, 0.4) is 0 Å². The van der Waals surface area contributed by atoms with Gasteiger partial charge in [0.15, 0.2) is 0 Å². The lowest BCUT2D eigenvalue weighted by molar-refractivity contribution is -0.241. The largest absolute Gasteiger partial charge is 0.420 e. The van der Waals surface area contributed by atoms with Crippen molar-refractivity contribution < 1.29 is 14.2 Å². The summed E-state index contributed by atoms with van der Waals surface area (Å²) in [6, 6.07) is 27.0. The molecule has 0 radical (unpaired) electrons. The van der Waals surface area contributed by atoms with Gasteiger partial charge in [0.2, 0.25) is 0 Å². The maximum atomic E-state index is 6.97. The van der Waals surface area contributed by atoms with E-state index in [1.54, 1.807) is 0 Å². The lowest BCUT2D eigenvalue weighted by atomic mass is 9.92. The van der Waals surface area contributed by atoms with E-state index in [1.807, 2.05) is 6.92 Å². The second-order valence-electron chi connectivity index (χ2n) is 11.7. The molecule has 0 saturated carbocycles. The molecule has 0 fully saturated rings. The normalized spacial score (nSPS) is 22.5. The summed E-state index contributed by atoms with van der Waals surface area (Å²) in [7, 11) is 0. The predicted molar refractivity (Wildman–Crippen MR) is 151 cm³/mol. The second kappa shape index (κ2) is 8.89. The number of rotatable bonds is 0. The average Bonchev–Trinajstić information content (AvgIpc) is 2.92. The monoisotopic (exact) mass is 515 g/mol. The van der Waals surface area contributed by atoms with Crippen LogP contribution < -0.4 is 14.2 Å². The highest BCUT2D eigenvalue weighted by molar-refractivity contribution is 5.49. The number of para-hydroxylation sites is 3. The van der Waals surface area contributed by atoms with E-state index >= 15 is 0 Å². The molecule has 6 aliphatic rings. The molecule has 0 amide bonds. The Morgan fingerprint density at radius 2 is 0.821 bits per heavy atom. The molecule has 39 heavy (non-hydrogen) atoms. The van der Waals surface area contributed by atoms with Gasteiger partial charge in [0.25, 0.3) is 0 Å². The van der Waals surface area contributed by atoms with Crippen LogP contribution in [-0.4, -0.2) is 10.9 Å². The Bertz CT molecular complexity index is 1410. The first-order valence-corrected chi connectivity index (χ1v) is 14.3. The first kappa shape index (κ1) is 23.2. The summed E-state index contributed by atoms with van der Waals surface area (Å²) >= 11 is 0. The number of aryl methyl sites for hydroxylation is 6. The number of benzene rings is 4. The molecule has 6 aliphatic heterocycles. The second-order valence-corrected chi connectivity index (χ2v) is 11.7. The van der Waals surface area contributed by atoms with E-state index in [2.05, 4.69) is 77.7 Å². The zero-order chi connectivity index (χ0) is 26.0. The number of nitrogens with zero attached hydrogens (tertiary/aromatic N) is 1. The lowest BCUT2D eigenvalue weighted by Crippen LogP contribution is -2.47. The molecule has 196 valence electrons. The maximum Gasteiger partial charge on any atom is 0.414 e. The molecule has 0 aromatic heterocycles. The van der Waals surface area contributed by atoms with Gasteiger partial charge in [-0.15, -0.1) is 0 Å². The van der Waals surface area contributed by atoms with Crippen LogP contribution in [0.15, 0.2) is 72.8 Å². The fourth-order valence-electron chi connectivity index (χ4n) is 6.89. The Hall–Kier alpha value is -3.76. The lowest BCUT2D eigenvalue weighted by Gasteiger charge is -2.39. The highest BCUT2D eigenvalue weighted by atomic mass is 16.9. The fraction of sp³-hybridized carbons (Fsp3) is 0.314. The topological polar surface area (TPSA) is 30.9 Å². The van der Waals surface area contributed by atoms with Gasteiger partial charge in [-0.25, -0.2) is 0 Å². The van der Waals surface area contributed by atoms with Crippen LogP contribution in [0, 0.1) is 0 Å². The van der Waals surface area contributed by atoms with Crippen LogP contribution in [0.2, 0.25) is 0 Å². The van der Waals surface area contributed by atoms with Crippen LogP contribution in [0.5, 0.6) is 17.2 Å². The smallest absolute Gasteiger partial charge is 0.414 e. The van der Waals surface area contributed by atoms with Gasteiger partial charge in [-0.1, -0.05) is 72.8 Å². The molecule has 0 saturated heterocycles. The third-order valence-corrected chi connectivity index (χ3v) is 8.74. The molecule has 4 nitrogen and oxygen atoms in total. The van der Waals surface area contributed by atoms with E-state index < -0.39 is 5.97 Å². The highest BCUT2D eigenvalue weighted by Crippen LogP contribution is 2.41. The summed E-state index contributed by atoms with van der Waals surface area (Å²) in [5, 5.41) is 0. The summed E-state index contributed by atoms with van der Waals surface area (Å²) in [5.41, 5.74) is 11.4. The molecule has 10 rings (SSSR count). The average molecular weight is 516 g/mol. The van der Waals surface area contributed by atoms with Crippen molar-refractivity contribution in [1.82, 2.24) is 4.90 Å². The minimum absolute atomic E-state index is 0.798. The number of ether oxygens (including phenoxy) is 3. The van der Waals surface area contributed by atoms with Gasteiger partial charge >= 0.3 is 5.97 Å². The summed E-state index contributed by atoms with van der Waals surface area (Å²) < 4.78 is 20.9. The number of hydrogen-bond acceptors (Lipinski definition) is 4. The molecule has 6 heterocycles. The predicted octanol–water partition coefficient (Wildman–Crippen LogP) is 6.71. The highest BCUT2D eigenvalue weighted by Gasteiger charge is 2.39. The zero-order valence-electron chi connectivity index (χ0n) is 22.5. The zero-order valence-corrected chi connectivity index (χ0v) is 22.5. The van der Waals surface area contributed by atoms with Crippen LogP contribution in [0.25, 0.3) is 0 Å². The first-order chi connectivity index (χ1) is 19.1. The molecule has 0 atom stereocenters. The molecule has 8 bridgehead atoms. The Morgan fingerprint density at radius 1 is 0.487 bits per heavy atom. The van der Waals surface area contributed by atoms with E-state index in [9.17, 15) is 0 Å². The van der Waals surface area contributed by atoms with Crippen LogP contribution in [-0.2, 0) is 58.2 Å². The molecule has 4 aromatic carbocycles. The van der Waals surface area contributed by atoms with Crippen molar-refractivity contribution >= 4 is 0 Å². The van der Waals surface area contributed by atoms with Crippen molar-refractivity contribution in [3.63, 3.8) is 0 Å². The summed E-state index contributed by atoms with van der Waals surface area (Å²) in [6.07, 6.45) is 5.66. The minimum atomic E-state index is -1.32. The van der Waals surface area contributed by atoms with Crippen molar-refractivity contribution in [1.29, 1.82) is 0 Å². The van der Waals surface area contributed by atoms with Crippen LogP contribution in [0.1, 0.15) is 57.0 Å². The molecular weight excluding hydrogens is 482 g/mol. The van der Waals surface area contributed by atoms with E-state index in [4.69, 9.17) is 14.2 Å². The van der Waals surface area contributed by atoms with E-state index in [0.717, 1.165) is 75.4 Å². The molecule has 0 spiro atoms. The molecule has 0 N–H and O–H groups in total. The van der Waals surface area contributed by atoms with Crippen molar-refractivity contribution in [2.24, 2.45) is 0 Å². The van der Waals surface area contributed by atoms with Crippen molar-refractivity contribution in [3.05, 3.63) is 123 Å². The number of fused-ring (bicyclic) bond motifs is 3. The SMILES string of the molecule is CC12Oc3c4cccc3CN3Cc5cccc(c5O1)CCc1cc(cc(c1)CCc1cccc(c1O2)C3)CC4. The molecule has 4 aromatic rings. The first-order valence-electron chi connectivity index (χ1n) is 14.3. The molecule has 0 unspecified atom stereocenters. The van der Waals surface area contributed by atoms with Crippen molar-refractivity contribution in [2.75, 3.05) is 0 Å². The van der Waals surface area contributed by atoms with E-state index in [1.165, 1.54) is 50.1 Å². The fourth-order valence-corrected chi connectivity index (χ4v) is 6.89. The quantitative estimate of drug-likeness (QED) is 0.261. The summed E-state index contributed by atoms with van der Waals surface area (Å²) in [6.45, 7) is 4.35. The Labute approximate surface area is 230 Å².